The fourth-order valence-electron chi connectivity index (χ4n) is 2.45. The van der Waals surface area contributed by atoms with Gasteiger partial charge in [0.2, 0.25) is 5.91 Å². The molecule has 1 aliphatic heterocycles. The zero-order chi connectivity index (χ0) is 11.5. The summed E-state index contributed by atoms with van der Waals surface area (Å²) in [6.45, 7) is 3.27. The third kappa shape index (κ3) is 1.80. The van der Waals surface area contributed by atoms with Crippen LogP contribution in [0.3, 0.4) is 0 Å². The number of hydrogen-bond donors (Lipinski definition) is 1. The number of hydrogen-bond acceptors (Lipinski definition) is 3. The predicted octanol–water partition coefficient (Wildman–Crippen LogP) is 0.950. The highest BCUT2D eigenvalue weighted by Gasteiger charge is 2.38. The van der Waals surface area contributed by atoms with Gasteiger partial charge >= 0.3 is 0 Å². The maximum atomic E-state index is 11.8. The van der Waals surface area contributed by atoms with E-state index in [1.807, 2.05) is 30.2 Å². The summed E-state index contributed by atoms with van der Waals surface area (Å²) in [4.78, 5) is 17.8. The second kappa shape index (κ2) is 4.61. The number of rotatable bonds is 3. The highest BCUT2D eigenvalue weighted by Crippen LogP contribution is 2.36. The molecule has 0 aromatic carbocycles. The smallest absolute Gasteiger partial charge is 0.223 e. The molecule has 86 valence electrons. The third-order valence-corrected chi connectivity index (χ3v) is 3.21. The van der Waals surface area contributed by atoms with E-state index in [4.69, 9.17) is 5.73 Å². The second-order valence-corrected chi connectivity index (χ2v) is 4.11. The topological polar surface area (TPSA) is 59.2 Å². The first kappa shape index (κ1) is 11.1. The van der Waals surface area contributed by atoms with Crippen molar-refractivity contribution < 1.29 is 4.79 Å². The molecule has 0 spiro atoms. The zero-order valence-electron chi connectivity index (χ0n) is 9.47. The van der Waals surface area contributed by atoms with Gasteiger partial charge in [0.25, 0.3) is 0 Å². The van der Waals surface area contributed by atoms with E-state index < -0.39 is 0 Å². The van der Waals surface area contributed by atoms with Crippen LogP contribution in [-0.2, 0) is 4.79 Å². The van der Waals surface area contributed by atoms with Crippen LogP contribution < -0.4 is 5.73 Å². The van der Waals surface area contributed by atoms with E-state index >= 15 is 0 Å². The Labute approximate surface area is 95.5 Å². The molecule has 16 heavy (non-hydrogen) atoms. The number of nitrogens with two attached hydrogens (primary N) is 1. The van der Waals surface area contributed by atoms with Gasteiger partial charge in [-0.25, -0.2) is 0 Å². The summed E-state index contributed by atoms with van der Waals surface area (Å²) in [7, 11) is 0. The third-order valence-electron chi connectivity index (χ3n) is 3.21. The fourth-order valence-corrected chi connectivity index (χ4v) is 2.45. The van der Waals surface area contributed by atoms with Crippen molar-refractivity contribution in [2.75, 3.05) is 13.1 Å². The van der Waals surface area contributed by atoms with Crippen molar-refractivity contribution in [3.8, 4) is 0 Å². The normalized spacial score (nSPS) is 25.1. The number of likely N-dealkylation sites (tertiary alicyclic amines) is 1. The molecule has 4 nitrogen and oxygen atoms in total. The van der Waals surface area contributed by atoms with E-state index in [9.17, 15) is 4.79 Å². The van der Waals surface area contributed by atoms with Gasteiger partial charge in [0, 0.05) is 31.3 Å². The molecule has 4 heteroatoms. The molecule has 2 atom stereocenters. The van der Waals surface area contributed by atoms with E-state index in [1.54, 1.807) is 6.20 Å². The van der Waals surface area contributed by atoms with Gasteiger partial charge in [0.1, 0.15) is 0 Å². The molecule has 2 N–H and O–H groups in total. The van der Waals surface area contributed by atoms with Crippen molar-refractivity contribution in [1.82, 2.24) is 9.88 Å². The lowest BCUT2D eigenvalue weighted by molar-refractivity contribution is -0.128. The lowest BCUT2D eigenvalue weighted by Crippen LogP contribution is -2.30. The van der Waals surface area contributed by atoms with Crippen molar-refractivity contribution in [2.45, 2.75) is 19.4 Å². The Morgan fingerprint density at radius 3 is 3.00 bits per heavy atom. The number of aromatic nitrogens is 1. The highest BCUT2D eigenvalue weighted by molar-refractivity contribution is 5.79. The Hall–Kier alpha value is -1.42. The molecule has 1 fully saturated rings. The van der Waals surface area contributed by atoms with Crippen molar-refractivity contribution in [3.05, 3.63) is 30.1 Å². The molecular weight excluding hydrogens is 202 g/mol. The van der Waals surface area contributed by atoms with Crippen LogP contribution >= 0.6 is 0 Å². The lowest BCUT2D eigenvalue weighted by atomic mass is 9.95. The largest absolute Gasteiger partial charge is 0.336 e. The van der Waals surface area contributed by atoms with Gasteiger partial charge in [-0.2, -0.15) is 0 Å². The quantitative estimate of drug-likeness (QED) is 0.823. The highest BCUT2D eigenvalue weighted by atomic mass is 16.2. The van der Waals surface area contributed by atoms with E-state index in [-0.39, 0.29) is 17.9 Å². The number of pyridine rings is 1. The first-order chi connectivity index (χ1) is 7.77. The number of amides is 1. The maximum absolute atomic E-state index is 11.8. The molecule has 0 saturated carbocycles. The van der Waals surface area contributed by atoms with E-state index in [0.29, 0.717) is 13.0 Å². The van der Waals surface area contributed by atoms with Crippen LogP contribution in [0.4, 0.5) is 0 Å². The molecule has 0 unspecified atom stereocenters. The van der Waals surface area contributed by atoms with Gasteiger partial charge < -0.3 is 10.6 Å². The minimum atomic E-state index is 0.108. The van der Waals surface area contributed by atoms with Gasteiger partial charge in [-0.1, -0.05) is 6.07 Å². The van der Waals surface area contributed by atoms with Crippen LogP contribution in [0, 0.1) is 5.92 Å². The van der Waals surface area contributed by atoms with E-state index in [0.717, 1.165) is 12.1 Å². The van der Waals surface area contributed by atoms with Crippen LogP contribution in [0.2, 0.25) is 0 Å². The maximum Gasteiger partial charge on any atom is 0.223 e. The molecular formula is C12H17N3O. The summed E-state index contributed by atoms with van der Waals surface area (Å²) >= 11 is 0. The first-order valence-electron chi connectivity index (χ1n) is 5.67. The fraction of sp³-hybridized carbons (Fsp3) is 0.500. The van der Waals surface area contributed by atoms with E-state index in [2.05, 4.69) is 4.98 Å². The number of carbonyl (C=O) groups is 1. The Morgan fingerprint density at radius 2 is 2.44 bits per heavy atom. The molecule has 0 aliphatic carbocycles. The first-order valence-corrected chi connectivity index (χ1v) is 5.67. The van der Waals surface area contributed by atoms with E-state index in [1.165, 1.54) is 0 Å². The minimum absolute atomic E-state index is 0.108. The molecule has 0 radical (unpaired) electrons. The number of carbonyl (C=O) groups excluding carboxylic acids is 1. The summed E-state index contributed by atoms with van der Waals surface area (Å²) in [5, 5.41) is 0. The molecule has 1 aromatic rings. The van der Waals surface area contributed by atoms with Gasteiger partial charge in [-0.15, -0.1) is 0 Å². The van der Waals surface area contributed by atoms with Crippen LogP contribution in [0.1, 0.15) is 24.9 Å². The average Bonchev–Trinajstić information content (AvgIpc) is 2.66. The van der Waals surface area contributed by atoms with Crippen molar-refractivity contribution >= 4 is 5.91 Å². The van der Waals surface area contributed by atoms with Gasteiger partial charge in [0.05, 0.1) is 6.04 Å². The van der Waals surface area contributed by atoms with Gasteiger partial charge in [0.15, 0.2) is 0 Å². The summed E-state index contributed by atoms with van der Waals surface area (Å²) in [5.41, 5.74) is 6.83. The molecule has 1 aromatic heterocycles. The van der Waals surface area contributed by atoms with Crippen molar-refractivity contribution in [1.29, 1.82) is 0 Å². The molecule has 0 bridgehead atoms. The van der Waals surface area contributed by atoms with Crippen LogP contribution in [0.5, 0.6) is 0 Å². The zero-order valence-corrected chi connectivity index (χ0v) is 9.47. The molecule has 2 heterocycles. The van der Waals surface area contributed by atoms with Gasteiger partial charge in [-0.05, 0) is 25.1 Å². The van der Waals surface area contributed by atoms with Crippen molar-refractivity contribution in [3.63, 3.8) is 0 Å². The summed E-state index contributed by atoms with van der Waals surface area (Å²) in [5.74, 6) is 0.420. The van der Waals surface area contributed by atoms with Crippen LogP contribution in [0.25, 0.3) is 0 Å². The van der Waals surface area contributed by atoms with Crippen LogP contribution in [-0.4, -0.2) is 28.9 Å². The number of nitrogens with zero attached hydrogens (tertiary/aromatic N) is 2. The predicted molar refractivity (Wildman–Crippen MR) is 61.5 cm³/mol. The Kier molecular flexibility index (Phi) is 3.19. The second-order valence-electron chi connectivity index (χ2n) is 4.11. The SMILES string of the molecule is CCN1C(=O)C[C@@H](CN)[C@H]1c1cccnc1. The molecule has 1 aliphatic rings. The molecule has 1 saturated heterocycles. The monoisotopic (exact) mass is 219 g/mol. The molecule has 2 rings (SSSR count). The Balaban J connectivity index is 2.32. The standard InChI is InChI=1S/C12H17N3O/c1-2-15-11(16)6-10(7-13)12(15)9-4-3-5-14-8-9/h3-5,8,10,12H,2,6-7,13H2,1H3/t10-,12+/m0/s1. The summed E-state index contributed by atoms with van der Waals surface area (Å²) < 4.78 is 0. The lowest BCUT2D eigenvalue weighted by Gasteiger charge is -2.26. The van der Waals surface area contributed by atoms with Crippen LogP contribution in [0.15, 0.2) is 24.5 Å². The minimum Gasteiger partial charge on any atom is -0.336 e. The summed E-state index contributed by atoms with van der Waals surface area (Å²) in [6.07, 6.45) is 4.13. The van der Waals surface area contributed by atoms with Gasteiger partial charge in [-0.3, -0.25) is 9.78 Å². The average molecular weight is 219 g/mol. The molecule has 1 amide bonds. The summed E-state index contributed by atoms with van der Waals surface area (Å²) in [6, 6.07) is 4.03. The van der Waals surface area contributed by atoms with Crippen molar-refractivity contribution in [2.24, 2.45) is 11.7 Å². The Morgan fingerprint density at radius 1 is 1.62 bits per heavy atom. The Bertz CT molecular complexity index is 366.